The predicted molar refractivity (Wildman–Crippen MR) is 63.7 cm³/mol. The molecule has 0 spiro atoms. The Morgan fingerprint density at radius 3 is 3.06 bits per heavy atom. The molecule has 98 valence electrons. The van der Waals surface area contributed by atoms with Crippen LogP contribution in [0.3, 0.4) is 0 Å². The molecular formula is C12H15FN2O3. The third-order valence-electron chi connectivity index (χ3n) is 2.68. The van der Waals surface area contributed by atoms with Gasteiger partial charge in [-0.05, 0) is 12.1 Å². The Labute approximate surface area is 104 Å². The second-order valence-corrected chi connectivity index (χ2v) is 3.94. The Balaban J connectivity index is 1.92. The van der Waals surface area contributed by atoms with Crippen molar-refractivity contribution in [3.63, 3.8) is 0 Å². The molecule has 5 nitrogen and oxygen atoms in total. The molecule has 0 radical (unpaired) electrons. The molecule has 3 N–H and O–H groups in total. The lowest BCUT2D eigenvalue weighted by Gasteiger charge is -2.11. The number of halogens is 1. The Morgan fingerprint density at radius 2 is 2.28 bits per heavy atom. The Hall–Kier alpha value is -1.50. The number of aliphatic hydroxyl groups is 1. The number of nitrogens with one attached hydrogen (secondary N) is 2. The Kier molecular flexibility index (Phi) is 4.24. The summed E-state index contributed by atoms with van der Waals surface area (Å²) in [6.07, 6.45) is 0. The van der Waals surface area contributed by atoms with E-state index in [4.69, 9.17) is 9.84 Å². The third kappa shape index (κ3) is 2.84. The molecule has 6 heteroatoms. The molecule has 1 atom stereocenters. The van der Waals surface area contributed by atoms with Crippen LogP contribution in [0.5, 0.6) is 0 Å². The lowest BCUT2D eigenvalue weighted by atomic mass is 10.1. The van der Waals surface area contributed by atoms with Crippen LogP contribution in [0, 0.1) is 5.82 Å². The minimum absolute atomic E-state index is 0.0218. The van der Waals surface area contributed by atoms with E-state index in [9.17, 15) is 9.18 Å². The van der Waals surface area contributed by atoms with E-state index in [1.165, 1.54) is 12.1 Å². The lowest BCUT2D eigenvalue weighted by molar-refractivity contribution is -0.117. The molecule has 0 saturated carbocycles. The van der Waals surface area contributed by atoms with Gasteiger partial charge in [0.05, 0.1) is 19.8 Å². The van der Waals surface area contributed by atoms with Crippen molar-refractivity contribution in [2.24, 2.45) is 0 Å². The first-order valence-electron chi connectivity index (χ1n) is 5.74. The molecule has 1 aromatic carbocycles. The van der Waals surface area contributed by atoms with Crippen LogP contribution in [-0.4, -0.2) is 37.4 Å². The standard InChI is InChI=1S/C12H15FN2O3/c13-8-1-2-9-10(7-8)15-12(17)11(9)14-3-5-18-6-4-16/h1-2,7,11,14,16H,3-6H2,(H,15,17). The molecule has 0 aliphatic carbocycles. The molecule has 1 aromatic rings. The zero-order valence-corrected chi connectivity index (χ0v) is 9.78. The normalized spacial score (nSPS) is 17.7. The van der Waals surface area contributed by atoms with Gasteiger partial charge in [-0.25, -0.2) is 4.39 Å². The average Bonchev–Trinajstić information content (AvgIpc) is 2.64. The SMILES string of the molecule is O=C1Nc2cc(F)ccc2C1NCCOCCO. The summed E-state index contributed by atoms with van der Waals surface area (Å²) in [5.41, 5.74) is 1.25. The molecule has 0 aromatic heterocycles. The fourth-order valence-corrected chi connectivity index (χ4v) is 1.88. The molecule has 0 saturated heterocycles. The summed E-state index contributed by atoms with van der Waals surface area (Å²) in [6, 6.07) is 3.75. The second-order valence-electron chi connectivity index (χ2n) is 3.94. The van der Waals surface area contributed by atoms with E-state index in [0.717, 1.165) is 5.56 Å². The van der Waals surface area contributed by atoms with Crippen molar-refractivity contribution in [1.82, 2.24) is 5.32 Å². The molecular weight excluding hydrogens is 239 g/mol. The molecule has 1 amide bonds. The summed E-state index contributed by atoms with van der Waals surface area (Å²) >= 11 is 0. The number of amides is 1. The van der Waals surface area contributed by atoms with Crippen molar-refractivity contribution < 1.29 is 19.0 Å². The van der Waals surface area contributed by atoms with Crippen LogP contribution >= 0.6 is 0 Å². The zero-order valence-electron chi connectivity index (χ0n) is 9.78. The second kappa shape index (κ2) is 5.90. The van der Waals surface area contributed by atoms with Gasteiger partial charge in [0.1, 0.15) is 11.9 Å². The molecule has 1 heterocycles. The van der Waals surface area contributed by atoms with E-state index in [-0.39, 0.29) is 24.9 Å². The first kappa shape index (κ1) is 12.9. The minimum Gasteiger partial charge on any atom is -0.394 e. The highest BCUT2D eigenvalue weighted by Crippen LogP contribution is 2.30. The number of anilines is 1. The highest BCUT2D eigenvalue weighted by molar-refractivity contribution is 6.02. The maximum Gasteiger partial charge on any atom is 0.246 e. The first-order chi connectivity index (χ1) is 8.72. The molecule has 1 unspecified atom stereocenters. The first-order valence-corrected chi connectivity index (χ1v) is 5.74. The number of carbonyl (C=O) groups excluding carboxylic acids is 1. The van der Waals surface area contributed by atoms with Gasteiger partial charge in [0.2, 0.25) is 5.91 Å². The summed E-state index contributed by atoms with van der Waals surface area (Å²) in [6.45, 7) is 1.14. The van der Waals surface area contributed by atoms with Crippen LogP contribution in [0.4, 0.5) is 10.1 Å². The predicted octanol–water partition coefficient (Wildman–Crippen LogP) is 0.417. The van der Waals surface area contributed by atoms with Crippen LogP contribution in [0.25, 0.3) is 0 Å². The maximum absolute atomic E-state index is 13.0. The summed E-state index contributed by atoms with van der Waals surface area (Å²) in [4.78, 5) is 11.7. The van der Waals surface area contributed by atoms with E-state index in [0.29, 0.717) is 18.8 Å². The topological polar surface area (TPSA) is 70.6 Å². The molecule has 0 fully saturated rings. The summed E-state index contributed by atoms with van der Waals surface area (Å²) in [7, 11) is 0. The Morgan fingerprint density at radius 1 is 1.44 bits per heavy atom. The molecule has 1 aliphatic rings. The van der Waals surface area contributed by atoms with Crippen molar-refractivity contribution >= 4 is 11.6 Å². The largest absolute Gasteiger partial charge is 0.394 e. The number of aliphatic hydroxyl groups excluding tert-OH is 1. The number of hydrogen-bond donors (Lipinski definition) is 3. The van der Waals surface area contributed by atoms with Crippen molar-refractivity contribution in [3.8, 4) is 0 Å². The van der Waals surface area contributed by atoms with E-state index in [1.807, 2.05) is 0 Å². The number of rotatable bonds is 6. The van der Waals surface area contributed by atoms with Gasteiger partial charge in [-0.2, -0.15) is 0 Å². The van der Waals surface area contributed by atoms with Crippen LogP contribution in [0.2, 0.25) is 0 Å². The van der Waals surface area contributed by atoms with Gasteiger partial charge >= 0.3 is 0 Å². The van der Waals surface area contributed by atoms with Crippen LogP contribution in [0.1, 0.15) is 11.6 Å². The Bertz CT molecular complexity index is 439. The highest BCUT2D eigenvalue weighted by atomic mass is 19.1. The quantitative estimate of drug-likeness (QED) is 0.643. The van der Waals surface area contributed by atoms with Gasteiger partial charge in [-0.1, -0.05) is 6.07 Å². The fourth-order valence-electron chi connectivity index (χ4n) is 1.88. The van der Waals surface area contributed by atoms with E-state index in [2.05, 4.69) is 10.6 Å². The van der Waals surface area contributed by atoms with Crippen molar-refractivity contribution in [3.05, 3.63) is 29.6 Å². The lowest BCUT2D eigenvalue weighted by Crippen LogP contribution is -2.30. The van der Waals surface area contributed by atoms with E-state index in [1.54, 1.807) is 6.07 Å². The van der Waals surface area contributed by atoms with Crippen molar-refractivity contribution in [1.29, 1.82) is 0 Å². The average molecular weight is 254 g/mol. The van der Waals surface area contributed by atoms with Crippen LogP contribution in [0.15, 0.2) is 18.2 Å². The number of carbonyl (C=O) groups is 1. The number of hydrogen-bond acceptors (Lipinski definition) is 4. The van der Waals surface area contributed by atoms with Crippen LogP contribution < -0.4 is 10.6 Å². The van der Waals surface area contributed by atoms with Gasteiger partial charge in [-0.15, -0.1) is 0 Å². The van der Waals surface area contributed by atoms with E-state index < -0.39 is 6.04 Å². The number of fused-ring (bicyclic) bond motifs is 1. The molecule has 2 rings (SSSR count). The van der Waals surface area contributed by atoms with Gasteiger partial charge in [0.25, 0.3) is 0 Å². The fraction of sp³-hybridized carbons (Fsp3) is 0.417. The summed E-state index contributed by atoms with van der Waals surface area (Å²) in [5, 5.41) is 14.2. The molecule has 18 heavy (non-hydrogen) atoms. The van der Waals surface area contributed by atoms with Gasteiger partial charge in [0.15, 0.2) is 0 Å². The van der Waals surface area contributed by atoms with Crippen LogP contribution in [-0.2, 0) is 9.53 Å². The van der Waals surface area contributed by atoms with Gasteiger partial charge < -0.3 is 15.2 Å². The number of benzene rings is 1. The van der Waals surface area contributed by atoms with Gasteiger partial charge in [-0.3, -0.25) is 10.1 Å². The molecule has 0 bridgehead atoms. The highest BCUT2D eigenvalue weighted by Gasteiger charge is 2.29. The summed E-state index contributed by atoms with van der Waals surface area (Å²) in [5.74, 6) is -0.571. The van der Waals surface area contributed by atoms with Crippen molar-refractivity contribution in [2.75, 3.05) is 31.7 Å². The summed E-state index contributed by atoms with van der Waals surface area (Å²) < 4.78 is 18.1. The van der Waals surface area contributed by atoms with Gasteiger partial charge in [0, 0.05) is 17.8 Å². The van der Waals surface area contributed by atoms with E-state index >= 15 is 0 Å². The third-order valence-corrected chi connectivity index (χ3v) is 2.68. The minimum atomic E-state index is -0.474. The number of ether oxygens (including phenoxy) is 1. The maximum atomic E-state index is 13.0. The zero-order chi connectivity index (χ0) is 13.0. The smallest absolute Gasteiger partial charge is 0.246 e. The molecule has 1 aliphatic heterocycles. The van der Waals surface area contributed by atoms with Crippen molar-refractivity contribution in [2.45, 2.75) is 6.04 Å². The monoisotopic (exact) mass is 254 g/mol.